The molecule has 0 unspecified atom stereocenters. The molecule has 374 valence electrons. The molecular formula is C63H122. The molecule has 0 heterocycles. The van der Waals surface area contributed by atoms with Gasteiger partial charge in [0, 0.05) is 4.11 Å². The first-order valence-electron chi connectivity index (χ1n) is 30.1. The van der Waals surface area contributed by atoms with Gasteiger partial charge in [-0.25, -0.2) is 0 Å². The van der Waals surface area contributed by atoms with E-state index in [9.17, 15) is 0 Å². The predicted molar refractivity (Wildman–Crippen MR) is 286 cm³/mol. The van der Waals surface area contributed by atoms with E-state index in [1.54, 1.807) is 72.1 Å². The second kappa shape index (κ2) is 24.0. The summed E-state index contributed by atoms with van der Waals surface area (Å²) >= 11 is 0. The summed E-state index contributed by atoms with van der Waals surface area (Å²) in [6, 6.07) is 0. The number of hydrogen-bond donors (Lipinski definition) is 0. The zero-order valence-corrected chi connectivity index (χ0v) is 46.9. The second-order valence-electron chi connectivity index (χ2n) is 30.8. The highest BCUT2D eigenvalue weighted by Gasteiger charge is 2.48. The van der Waals surface area contributed by atoms with Crippen molar-refractivity contribution in [3.63, 3.8) is 0 Å². The molecule has 4 spiro atoms. The molecular weight excluding hydrogens is 757 g/mol. The standard InChI is InChI=1S/C16H30.C14H26.C12H22.C11H20.2C5H12/c1-13-6-8-16(9-7-13)11-14(2,3)10-15(4,5)12-16;1-12-4-6-14(7-5-12)10-8-13(2,3)9-11-14;1-11-5-9-12(10-6-11)7-3-2-4-8-12;1-10-4-8-11(9-5-10)6-2-3-7-11;2*1-5(2,3)4/h13H,6-12H2,1-5H3;12H,4-11H2,1-3H3;11H,2-10H2,1H3;10H,2-9H2,1H3;2*1-4H3/i;;;;1D3;. The van der Waals surface area contributed by atoms with Crippen molar-refractivity contribution in [3.05, 3.63) is 0 Å². The van der Waals surface area contributed by atoms with Crippen LogP contribution in [0.5, 0.6) is 0 Å². The largest absolute Gasteiger partial charge is 0.0625 e. The summed E-state index contributed by atoms with van der Waals surface area (Å²) in [4.78, 5) is 0. The Morgan fingerprint density at radius 1 is 0.302 bits per heavy atom. The molecule has 8 saturated carbocycles. The third-order valence-corrected chi connectivity index (χ3v) is 18.2. The van der Waals surface area contributed by atoms with Gasteiger partial charge in [-0.1, -0.05) is 208 Å². The highest BCUT2D eigenvalue weighted by Crippen LogP contribution is 2.60. The Labute approximate surface area is 405 Å². The van der Waals surface area contributed by atoms with Crippen molar-refractivity contribution in [1.82, 2.24) is 0 Å². The number of rotatable bonds is 0. The van der Waals surface area contributed by atoms with Gasteiger partial charge in [-0.2, -0.15) is 0 Å². The lowest BCUT2D eigenvalue weighted by Gasteiger charge is -2.54. The summed E-state index contributed by atoms with van der Waals surface area (Å²) in [6.07, 6.45) is 48.5. The van der Waals surface area contributed by atoms with Crippen LogP contribution >= 0.6 is 0 Å². The first-order chi connectivity index (χ1) is 30.1. The van der Waals surface area contributed by atoms with Gasteiger partial charge < -0.3 is 0 Å². The minimum Gasteiger partial charge on any atom is -0.0625 e. The molecule has 63 heavy (non-hydrogen) atoms. The van der Waals surface area contributed by atoms with E-state index < -0.39 is 12.3 Å². The van der Waals surface area contributed by atoms with Gasteiger partial charge in [0.2, 0.25) is 0 Å². The fourth-order valence-corrected chi connectivity index (χ4v) is 14.7. The molecule has 0 heteroatoms. The van der Waals surface area contributed by atoms with E-state index in [1.807, 2.05) is 0 Å². The molecule has 8 aliphatic carbocycles. The molecule has 0 nitrogen and oxygen atoms in total. The average Bonchev–Trinajstić information content (AvgIpc) is 3.65. The van der Waals surface area contributed by atoms with Crippen LogP contribution < -0.4 is 0 Å². The van der Waals surface area contributed by atoms with Gasteiger partial charge in [0.15, 0.2) is 0 Å². The lowest BCUT2D eigenvalue weighted by molar-refractivity contribution is -0.0321. The third kappa shape index (κ3) is 22.8. The summed E-state index contributed by atoms with van der Waals surface area (Å²) < 4.78 is 20.8. The van der Waals surface area contributed by atoms with E-state index in [1.165, 1.54) is 154 Å². The van der Waals surface area contributed by atoms with Crippen molar-refractivity contribution in [2.24, 2.45) is 72.4 Å². The van der Waals surface area contributed by atoms with Crippen LogP contribution in [0.4, 0.5) is 0 Å². The summed E-state index contributed by atoms with van der Waals surface area (Å²) in [5, 5.41) is 0. The van der Waals surface area contributed by atoms with Gasteiger partial charge in [0.25, 0.3) is 0 Å². The molecule has 8 aliphatic rings. The summed E-state index contributed by atoms with van der Waals surface area (Å²) in [5.74, 6) is 4.05. The maximum Gasteiger partial charge on any atom is 0.0236 e. The van der Waals surface area contributed by atoms with Gasteiger partial charge in [0.1, 0.15) is 0 Å². The highest BCUT2D eigenvalue weighted by molar-refractivity contribution is 4.99. The molecule has 8 rings (SSSR count). The minimum absolute atomic E-state index is 0.500. The maximum absolute atomic E-state index is 6.92. The summed E-state index contributed by atoms with van der Waals surface area (Å²) in [6.45, 7) is 36.6. The Bertz CT molecular complexity index is 1270. The van der Waals surface area contributed by atoms with E-state index in [0.29, 0.717) is 27.1 Å². The van der Waals surface area contributed by atoms with Crippen molar-refractivity contribution in [2.75, 3.05) is 0 Å². The van der Waals surface area contributed by atoms with Gasteiger partial charge in [-0.05, 0) is 194 Å². The fourth-order valence-electron chi connectivity index (χ4n) is 14.7. The van der Waals surface area contributed by atoms with E-state index in [-0.39, 0.29) is 0 Å². The Hall–Kier alpha value is 0. The van der Waals surface area contributed by atoms with E-state index in [0.717, 1.165) is 39.9 Å². The summed E-state index contributed by atoms with van der Waals surface area (Å²) in [5.41, 5.74) is 4.92. The fraction of sp³-hybridized carbons (Fsp3) is 1.00. The molecule has 8 fully saturated rings. The zero-order valence-electron chi connectivity index (χ0n) is 49.9. The molecule has 0 bridgehead atoms. The maximum atomic E-state index is 6.92. The third-order valence-electron chi connectivity index (χ3n) is 18.2. The van der Waals surface area contributed by atoms with Gasteiger partial charge in [-0.3, -0.25) is 0 Å². The van der Waals surface area contributed by atoms with Crippen LogP contribution in [0.3, 0.4) is 0 Å². The van der Waals surface area contributed by atoms with Crippen LogP contribution in [0.25, 0.3) is 0 Å². The average molecular weight is 883 g/mol. The lowest BCUT2D eigenvalue weighted by atomic mass is 9.51. The molecule has 0 atom stereocenters. The van der Waals surface area contributed by atoms with Crippen LogP contribution in [-0.2, 0) is 0 Å². The molecule has 0 aliphatic heterocycles. The molecule has 0 amide bonds. The Balaban J connectivity index is 0.000000217. The van der Waals surface area contributed by atoms with E-state index in [4.69, 9.17) is 4.11 Å². The predicted octanol–water partition coefficient (Wildman–Crippen LogP) is 22.2. The second-order valence-corrected chi connectivity index (χ2v) is 30.8. The van der Waals surface area contributed by atoms with Crippen LogP contribution in [0, 0.1) is 72.4 Å². The molecule has 0 aromatic rings. The quantitative estimate of drug-likeness (QED) is 0.227. The molecule has 0 N–H and O–H groups in total. The van der Waals surface area contributed by atoms with Crippen molar-refractivity contribution in [2.45, 2.75) is 330 Å². The first-order valence-corrected chi connectivity index (χ1v) is 28.6. The number of hydrogen-bond acceptors (Lipinski definition) is 0. The summed E-state index contributed by atoms with van der Waals surface area (Å²) in [7, 11) is 0. The highest BCUT2D eigenvalue weighted by atomic mass is 14.5. The normalized spacial score (nSPS) is 29.6. The van der Waals surface area contributed by atoms with Gasteiger partial charge in [0.05, 0.1) is 0 Å². The van der Waals surface area contributed by atoms with Gasteiger partial charge >= 0.3 is 0 Å². The topological polar surface area (TPSA) is 0 Å². The Kier molecular flexibility index (Phi) is 20.0. The van der Waals surface area contributed by atoms with E-state index >= 15 is 0 Å². The van der Waals surface area contributed by atoms with Crippen LogP contribution in [0.2, 0.25) is 0 Å². The van der Waals surface area contributed by atoms with Crippen molar-refractivity contribution in [3.8, 4) is 0 Å². The van der Waals surface area contributed by atoms with Crippen LogP contribution in [0.1, 0.15) is 334 Å². The Morgan fingerprint density at radius 3 is 0.810 bits per heavy atom. The van der Waals surface area contributed by atoms with Crippen LogP contribution in [-0.4, -0.2) is 0 Å². The molecule has 0 aromatic heterocycles. The first kappa shape index (κ1) is 52.4. The van der Waals surface area contributed by atoms with Crippen molar-refractivity contribution in [1.29, 1.82) is 0 Å². The smallest absolute Gasteiger partial charge is 0.0236 e. The monoisotopic (exact) mass is 882 g/mol. The molecule has 0 radical (unpaired) electrons. The minimum atomic E-state index is -1.81. The van der Waals surface area contributed by atoms with Crippen molar-refractivity contribution < 1.29 is 4.11 Å². The SMILES string of the molecule is CC(C)(C)C.CC1CCC2(CC1)CC(C)(C)CC(C)(C)C2.CC1CCC2(CC1)CCC(C)(C)CC2.CC1CCC2(CCCC2)CC1.CC1CCC2(CCCCC2)CC1.[2H]C([2H])([2H])C(C)(C)C. The van der Waals surface area contributed by atoms with Crippen molar-refractivity contribution >= 4 is 0 Å². The molecule has 0 aromatic carbocycles. The van der Waals surface area contributed by atoms with E-state index in [2.05, 4.69) is 96.9 Å². The van der Waals surface area contributed by atoms with Crippen LogP contribution in [0.15, 0.2) is 0 Å². The lowest BCUT2D eigenvalue weighted by Crippen LogP contribution is -2.43. The van der Waals surface area contributed by atoms with Gasteiger partial charge in [-0.15, -0.1) is 0 Å². The molecule has 0 saturated heterocycles. The Morgan fingerprint density at radius 2 is 0.540 bits per heavy atom. The zero-order chi connectivity index (χ0) is 49.9.